The number of carbonyl (C=O) groups is 1. The minimum absolute atomic E-state index is 0.152. The SMILES string of the molecule is CCCCCn1c([C@@H]2CC(=O)N(c3cccc(C(F)(F)F)c3)C2)nc2ccccc21. The van der Waals surface area contributed by atoms with Gasteiger partial charge >= 0.3 is 6.18 Å². The van der Waals surface area contributed by atoms with Crippen LogP contribution in [0.15, 0.2) is 48.5 Å². The molecule has 2 aromatic carbocycles. The normalized spacial score (nSPS) is 17.3. The van der Waals surface area contributed by atoms with E-state index in [0.29, 0.717) is 6.54 Å². The number of rotatable bonds is 6. The van der Waals surface area contributed by atoms with Crippen LogP contribution in [0.2, 0.25) is 0 Å². The maximum absolute atomic E-state index is 13.1. The molecule has 3 aromatic rings. The first-order chi connectivity index (χ1) is 14.4. The highest BCUT2D eigenvalue weighted by atomic mass is 19.4. The van der Waals surface area contributed by atoms with Gasteiger partial charge in [0.05, 0.1) is 16.6 Å². The van der Waals surface area contributed by atoms with Crippen molar-refractivity contribution in [1.82, 2.24) is 9.55 Å². The van der Waals surface area contributed by atoms with Crippen molar-refractivity contribution >= 4 is 22.6 Å². The lowest BCUT2D eigenvalue weighted by atomic mass is 10.1. The second-order valence-corrected chi connectivity index (χ2v) is 7.77. The van der Waals surface area contributed by atoms with Crippen LogP contribution in [0.3, 0.4) is 0 Å². The van der Waals surface area contributed by atoms with E-state index in [4.69, 9.17) is 4.98 Å². The topological polar surface area (TPSA) is 38.1 Å². The number of hydrogen-bond acceptors (Lipinski definition) is 2. The Labute approximate surface area is 173 Å². The van der Waals surface area contributed by atoms with Gasteiger partial charge in [0.15, 0.2) is 0 Å². The Morgan fingerprint density at radius 2 is 1.90 bits per heavy atom. The second kappa shape index (κ2) is 8.13. The van der Waals surface area contributed by atoms with Gasteiger partial charge in [0, 0.05) is 31.1 Å². The number of halogens is 3. The molecule has 0 saturated carbocycles. The highest BCUT2D eigenvalue weighted by molar-refractivity contribution is 5.96. The lowest BCUT2D eigenvalue weighted by molar-refractivity contribution is -0.137. The molecule has 158 valence electrons. The Morgan fingerprint density at radius 1 is 1.10 bits per heavy atom. The molecule has 1 amide bonds. The maximum atomic E-state index is 13.1. The number of carbonyl (C=O) groups excluding carboxylic acids is 1. The fraction of sp³-hybridized carbons (Fsp3) is 0.391. The summed E-state index contributed by atoms with van der Waals surface area (Å²) in [5, 5.41) is 0. The van der Waals surface area contributed by atoms with Crippen LogP contribution in [0.25, 0.3) is 11.0 Å². The molecule has 1 aromatic heterocycles. The van der Waals surface area contributed by atoms with Gasteiger partial charge in [-0.1, -0.05) is 38.0 Å². The van der Waals surface area contributed by atoms with E-state index >= 15 is 0 Å². The van der Waals surface area contributed by atoms with E-state index in [0.717, 1.165) is 54.8 Å². The van der Waals surface area contributed by atoms with Gasteiger partial charge in [-0.15, -0.1) is 0 Å². The molecule has 7 heteroatoms. The van der Waals surface area contributed by atoms with Gasteiger partial charge in [0.25, 0.3) is 0 Å². The molecule has 0 spiro atoms. The molecule has 2 heterocycles. The molecule has 1 aliphatic rings. The van der Waals surface area contributed by atoms with Crippen LogP contribution in [0.1, 0.15) is 49.9 Å². The fourth-order valence-corrected chi connectivity index (χ4v) is 4.14. The number of nitrogens with zero attached hydrogens (tertiary/aromatic N) is 3. The largest absolute Gasteiger partial charge is 0.416 e. The Hall–Kier alpha value is -2.83. The number of anilines is 1. The molecule has 4 rings (SSSR count). The third-order valence-electron chi connectivity index (χ3n) is 5.64. The van der Waals surface area contributed by atoms with Crippen molar-refractivity contribution in [3.05, 3.63) is 59.9 Å². The average molecular weight is 415 g/mol. The molecule has 0 aliphatic carbocycles. The summed E-state index contributed by atoms with van der Waals surface area (Å²) in [5.74, 6) is 0.516. The number of hydrogen-bond donors (Lipinski definition) is 0. The third kappa shape index (κ3) is 3.93. The average Bonchev–Trinajstić information content (AvgIpc) is 3.28. The highest BCUT2D eigenvalue weighted by Crippen LogP contribution is 2.36. The van der Waals surface area contributed by atoms with Crippen LogP contribution < -0.4 is 4.90 Å². The molecule has 1 saturated heterocycles. The third-order valence-corrected chi connectivity index (χ3v) is 5.64. The maximum Gasteiger partial charge on any atom is 0.416 e. The number of unbranched alkanes of at least 4 members (excludes halogenated alkanes) is 2. The van der Waals surface area contributed by atoms with Crippen LogP contribution in [-0.4, -0.2) is 22.0 Å². The molecule has 1 fully saturated rings. The first-order valence-corrected chi connectivity index (χ1v) is 10.3. The van der Waals surface area contributed by atoms with Crippen molar-refractivity contribution < 1.29 is 18.0 Å². The van der Waals surface area contributed by atoms with Crippen molar-refractivity contribution in [2.24, 2.45) is 0 Å². The van der Waals surface area contributed by atoms with Gasteiger partial charge in [-0.25, -0.2) is 4.98 Å². The predicted molar refractivity (Wildman–Crippen MR) is 110 cm³/mol. The molecule has 1 atom stereocenters. The van der Waals surface area contributed by atoms with Gasteiger partial charge in [-0.05, 0) is 36.8 Å². The number of fused-ring (bicyclic) bond motifs is 1. The summed E-state index contributed by atoms with van der Waals surface area (Å²) in [4.78, 5) is 19.0. The van der Waals surface area contributed by atoms with Gasteiger partial charge in [0.2, 0.25) is 5.91 Å². The Balaban J connectivity index is 1.64. The molecular weight excluding hydrogens is 391 g/mol. The number of alkyl halides is 3. The summed E-state index contributed by atoms with van der Waals surface area (Å²) in [6, 6.07) is 12.9. The number of amides is 1. The number of aromatic nitrogens is 2. The molecule has 0 radical (unpaired) electrons. The van der Waals surface area contributed by atoms with Crippen LogP contribution in [-0.2, 0) is 17.5 Å². The number of imidazole rings is 1. The van der Waals surface area contributed by atoms with Crippen LogP contribution in [0, 0.1) is 0 Å². The van der Waals surface area contributed by atoms with E-state index < -0.39 is 11.7 Å². The zero-order valence-electron chi connectivity index (χ0n) is 16.8. The summed E-state index contributed by atoms with van der Waals surface area (Å²) in [6.45, 7) is 3.30. The smallest absolute Gasteiger partial charge is 0.328 e. The molecule has 4 nitrogen and oxygen atoms in total. The van der Waals surface area contributed by atoms with Gasteiger partial charge in [-0.2, -0.15) is 13.2 Å². The van der Waals surface area contributed by atoms with Gasteiger partial charge < -0.3 is 9.47 Å². The molecule has 0 N–H and O–H groups in total. The first kappa shape index (κ1) is 20.4. The molecule has 1 aliphatic heterocycles. The van der Waals surface area contributed by atoms with Crippen molar-refractivity contribution in [2.45, 2.75) is 51.2 Å². The summed E-state index contributed by atoms with van der Waals surface area (Å²) in [7, 11) is 0. The summed E-state index contributed by atoms with van der Waals surface area (Å²) >= 11 is 0. The second-order valence-electron chi connectivity index (χ2n) is 7.77. The lowest BCUT2D eigenvalue weighted by Crippen LogP contribution is -2.25. The molecule has 30 heavy (non-hydrogen) atoms. The van der Waals surface area contributed by atoms with E-state index in [1.54, 1.807) is 6.07 Å². The van der Waals surface area contributed by atoms with Crippen LogP contribution >= 0.6 is 0 Å². The van der Waals surface area contributed by atoms with Gasteiger partial charge in [0.1, 0.15) is 5.82 Å². The summed E-state index contributed by atoms with van der Waals surface area (Å²) in [5.41, 5.74) is 1.46. The van der Waals surface area contributed by atoms with E-state index in [1.807, 2.05) is 24.3 Å². The Bertz CT molecular complexity index is 1060. The zero-order valence-corrected chi connectivity index (χ0v) is 16.8. The van der Waals surface area contributed by atoms with Crippen molar-refractivity contribution in [3.63, 3.8) is 0 Å². The monoisotopic (exact) mass is 415 g/mol. The molecule has 0 unspecified atom stereocenters. The van der Waals surface area contributed by atoms with Gasteiger partial charge in [-0.3, -0.25) is 4.79 Å². The number of benzene rings is 2. The highest BCUT2D eigenvalue weighted by Gasteiger charge is 2.36. The Morgan fingerprint density at radius 3 is 2.67 bits per heavy atom. The summed E-state index contributed by atoms with van der Waals surface area (Å²) < 4.78 is 41.5. The molecule has 0 bridgehead atoms. The first-order valence-electron chi connectivity index (χ1n) is 10.3. The lowest BCUT2D eigenvalue weighted by Gasteiger charge is -2.19. The van der Waals surface area contributed by atoms with Crippen molar-refractivity contribution in [2.75, 3.05) is 11.4 Å². The quantitative estimate of drug-likeness (QED) is 0.480. The Kier molecular flexibility index (Phi) is 5.54. The van der Waals surface area contributed by atoms with Crippen LogP contribution in [0.4, 0.5) is 18.9 Å². The fourth-order valence-electron chi connectivity index (χ4n) is 4.14. The van der Waals surface area contributed by atoms with E-state index in [2.05, 4.69) is 11.5 Å². The molecular formula is C23H24F3N3O. The van der Waals surface area contributed by atoms with E-state index in [9.17, 15) is 18.0 Å². The van der Waals surface area contributed by atoms with Crippen molar-refractivity contribution in [1.29, 1.82) is 0 Å². The van der Waals surface area contributed by atoms with E-state index in [-0.39, 0.29) is 23.9 Å². The summed E-state index contributed by atoms with van der Waals surface area (Å²) in [6.07, 6.45) is -0.972. The van der Waals surface area contributed by atoms with E-state index in [1.165, 1.54) is 11.0 Å². The van der Waals surface area contributed by atoms with Crippen molar-refractivity contribution in [3.8, 4) is 0 Å². The standard InChI is InChI=1S/C23H24F3N3O/c1-2-3-6-12-28-20-11-5-4-10-19(20)27-22(28)16-13-21(30)29(15-16)18-9-7-8-17(14-18)23(24,25)26/h4-5,7-11,14,16H,2-3,6,12-13,15H2,1H3/t16-/m1/s1. The predicted octanol–water partition coefficient (Wildman–Crippen LogP) is 5.77. The number of para-hydroxylation sites is 2. The minimum atomic E-state index is -4.44. The zero-order chi connectivity index (χ0) is 21.3. The number of aryl methyl sites for hydroxylation is 1. The minimum Gasteiger partial charge on any atom is -0.328 e. The van der Waals surface area contributed by atoms with Crippen LogP contribution in [0.5, 0.6) is 0 Å².